The van der Waals surface area contributed by atoms with Gasteiger partial charge >= 0.3 is 0 Å². The highest BCUT2D eigenvalue weighted by Crippen LogP contribution is 2.23. The van der Waals surface area contributed by atoms with Crippen LogP contribution in [0.15, 0.2) is 18.2 Å². The Morgan fingerprint density at radius 1 is 1.58 bits per heavy atom. The van der Waals surface area contributed by atoms with Crippen LogP contribution in [-0.4, -0.2) is 5.11 Å². The van der Waals surface area contributed by atoms with Crippen LogP contribution in [0.1, 0.15) is 24.2 Å². The van der Waals surface area contributed by atoms with Crippen LogP contribution in [0.2, 0.25) is 0 Å². The highest BCUT2D eigenvalue weighted by molar-refractivity contribution is 5.44. The van der Waals surface area contributed by atoms with Gasteiger partial charge in [0.2, 0.25) is 0 Å². The summed E-state index contributed by atoms with van der Waals surface area (Å²) >= 11 is 0. The van der Waals surface area contributed by atoms with Gasteiger partial charge in [0.15, 0.2) is 0 Å². The zero-order valence-electron chi connectivity index (χ0n) is 6.58. The summed E-state index contributed by atoms with van der Waals surface area (Å²) in [7, 11) is 0. The Balaban J connectivity index is 3.16. The van der Waals surface area contributed by atoms with E-state index in [1.165, 1.54) is 25.1 Å². The molecule has 1 rings (SSSR count). The molecule has 0 aliphatic rings. The molecule has 0 saturated heterocycles. The minimum atomic E-state index is -1.11. The van der Waals surface area contributed by atoms with Crippen molar-refractivity contribution in [3.63, 3.8) is 0 Å². The van der Waals surface area contributed by atoms with E-state index in [0.717, 1.165) is 0 Å². The van der Waals surface area contributed by atoms with Gasteiger partial charge in [-0.05, 0) is 24.6 Å². The fourth-order valence-electron chi connectivity index (χ4n) is 0.891. The van der Waals surface area contributed by atoms with Crippen LogP contribution >= 0.6 is 0 Å². The summed E-state index contributed by atoms with van der Waals surface area (Å²) in [5.41, 5.74) is 0.515. The molecule has 0 aliphatic heterocycles. The quantitative estimate of drug-likeness (QED) is 0.693. The molecule has 0 fully saturated rings. The summed E-state index contributed by atoms with van der Waals surface area (Å²) in [4.78, 5) is 0. The zero-order chi connectivity index (χ0) is 9.14. The molecular formula is C9H8FNO. The van der Waals surface area contributed by atoms with Crippen LogP contribution in [0, 0.1) is 11.3 Å². The molecule has 1 N–H and O–H groups in total. The molecule has 1 unspecified atom stereocenters. The average Bonchev–Trinajstić information content (AvgIpc) is 2.05. The van der Waals surface area contributed by atoms with Crippen LogP contribution in [0.5, 0.6) is 5.75 Å². The molecule has 0 heterocycles. The number of nitriles is 1. The van der Waals surface area contributed by atoms with Crippen LogP contribution in [0.3, 0.4) is 0 Å². The lowest BCUT2D eigenvalue weighted by atomic mass is 10.1. The van der Waals surface area contributed by atoms with Gasteiger partial charge in [0.05, 0.1) is 5.56 Å². The summed E-state index contributed by atoms with van der Waals surface area (Å²) < 4.78 is 12.7. The van der Waals surface area contributed by atoms with E-state index >= 15 is 0 Å². The Labute approximate surface area is 69.9 Å². The van der Waals surface area contributed by atoms with Gasteiger partial charge in [-0.1, -0.05) is 6.07 Å². The van der Waals surface area contributed by atoms with Crippen LogP contribution < -0.4 is 0 Å². The Bertz CT molecular complexity index is 328. The topological polar surface area (TPSA) is 44.0 Å². The second-order valence-electron chi connectivity index (χ2n) is 2.50. The fraction of sp³-hybridized carbons (Fsp3) is 0.222. The summed E-state index contributed by atoms with van der Waals surface area (Å²) in [5, 5.41) is 17.6. The molecular weight excluding hydrogens is 157 g/mol. The zero-order valence-corrected chi connectivity index (χ0v) is 6.58. The van der Waals surface area contributed by atoms with Crippen molar-refractivity contribution in [1.82, 2.24) is 0 Å². The molecule has 62 valence electrons. The van der Waals surface area contributed by atoms with Gasteiger partial charge in [0.25, 0.3) is 0 Å². The summed E-state index contributed by atoms with van der Waals surface area (Å²) in [6.45, 7) is 1.38. The number of halogens is 1. The van der Waals surface area contributed by atoms with E-state index in [0.29, 0.717) is 5.56 Å². The van der Waals surface area contributed by atoms with Crippen molar-refractivity contribution >= 4 is 0 Å². The van der Waals surface area contributed by atoms with Gasteiger partial charge in [0, 0.05) is 0 Å². The van der Waals surface area contributed by atoms with Gasteiger partial charge in [-0.25, -0.2) is 4.39 Å². The SMILES string of the molecule is CC(F)c1ccc(O)c(C#N)c1. The number of hydrogen-bond donors (Lipinski definition) is 1. The maximum atomic E-state index is 12.7. The largest absolute Gasteiger partial charge is 0.507 e. The smallest absolute Gasteiger partial charge is 0.133 e. The number of phenols is 1. The molecule has 0 aromatic heterocycles. The van der Waals surface area contributed by atoms with Gasteiger partial charge in [-0.3, -0.25) is 0 Å². The van der Waals surface area contributed by atoms with E-state index in [1.807, 2.05) is 0 Å². The average molecular weight is 165 g/mol. The van der Waals surface area contributed by atoms with Crippen molar-refractivity contribution in [3.8, 4) is 11.8 Å². The highest BCUT2D eigenvalue weighted by Gasteiger charge is 2.06. The summed E-state index contributed by atoms with van der Waals surface area (Å²) in [5.74, 6) is -0.109. The van der Waals surface area contributed by atoms with Crippen molar-refractivity contribution in [1.29, 1.82) is 5.26 Å². The number of benzene rings is 1. The minimum absolute atomic E-state index is 0.108. The first-order valence-electron chi connectivity index (χ1n) is 3.52. The van der Waals surface area contributed by atoms with Gasteiger partial charge in [-0.2, -0.15) is 5.26 Å². The molecule has 3 heteroatoms. The molecule has 1 atom stereocenters. The Morgan fingerprint density at radius 2 is 2.25 bits per heavy atom. The molecule has 2 nitrogen and oxygen atoms in total. The van der Waals surface area contributed by atoms with Gasteiger partial charge in [-0.15, -0.1) is 0 Å². The van der Waals surface area contributed by atoms with Crippen molar-refractivity contribution < 1.29 is 9.50 Å². The maximum absolute atomic E-state index is 12.7. The lowest BCUT2D eigenvalue weighted by Gasteiger charge is -2.02. The lowest BCUT2D eigenvalue weighted by Crippen LogP contribution is -1.86. The number of rotatable bonds is 1. The number of hydrogen-bond acceptors (Lipinski definition) is 2. The first kappa shape index (κ1) is 8.54. The second kappa shape index (κ2) is 3.22. The van der Waals surface area contributed by atoms with Crippen molar-refractivity contribution in [2.45, 2.75) is 13.1 Å². The number of nitrogens with zero attached hydrogens (tertiary/aromatic N) is 1. The molecule has 1 aromatic rings. The Kier molecular flexibility index (Phi) is 2.29. The first-order valence-corrected chi connectivity index (χ1v) is 3.52. The molecule has 0 amide bonds. The third-order valence-electron chi connectivity index (χ3n) is 1.60. The van der Waals surface area contributed by atoms with Crippen molar-refractivity contribution in [2.75, 3.05) is 0 Å². The standard InChI is InChI=1S/C9H8FNO/c1-6(10)7-2-3-9(12)8(4-7)5-11/h2-4,6,12H,1H3. The Hall–Kier alpha value is -1.56. The predicted molar refractivity (Wildman–Crippen MR) is 42.3 cm³/mol. The highest BCUT2D eigenvalue weighted by atomic mass is 19.1. The molecule has 12 heavy (non-hydrogen) atoms. The summed E-state index contributed by atoms with van der Waals surface area (Å²) in [6, 6.07) is 5.90. The predicted octanol–water partition coefficient (Wildman–Crippen LogP) is 2.29. The van der Waals surface area contributed by atoms with Crippen LogP contribution in [0.4, 0.5) is 4.39 Å². The van der Waals surface area contributed by atoms with E-state index in [4.69, 9.17) is 10.4 Å². The van der Waals surface area contributed by atoms with Crippen LogP contribution in [-0.2, 0) is 0 Å². The number of alkyl halides is 1. The van der Waals surface area contributed by atoms with E-state index in [-0.39, 0.29) is 11.3 Å². The molecule has 0 radical (unpaired) electrons. The molecule has 0 spiro atoms. The minimum Gasteiger partial charge on any atom is -0.507 e. The van der Waals surface area contributed by atoms with Crippen LogP contribution in [0.25, 0.3) is 0 Å². The third-order valence-corrected chi connectivity index (χ3v) is 1.60. The monoisotopic (exact) mass is 165 g/mol. The Morgan fingerprint density at radius 3 is 2.75 bits per heavy atom. The maximum Gasteiger partial charge on any atom is 0.133 e. The van der Waals surface area contributed by atoms with E-state index in [1.54, 1.807) is 6.07 Å². The molecule has 0 aliphatic carbocycles. The summed E-state index contributed by atoms with van der Waals surface area (Å²) in [6.07, 6.45) is -1.11. The number of aromatic hydroxyl groups is 1. The molecule has 0 saturated carbocycles. The normalized spacial score (nSPS) is 12.1. The molecule has 0 bridgehead atoms. The van der Waals surface area contributed by atoms with Gasteiger partial charge in [0.1, 0.15) is 18.0 Å². The van der Waals surface area contributed by atoms with Gasteiger partial charge < -0.3 is 5.11 Å². The number of phenolic OH excluding ortho intramolecular Hbond substituents is 1. The van der Waals surface area contributed by atoms with E-state index in [2.05, 4.69) is 0 Å². The van der Waals surface area contributed by atoms with Crippen molar-refractivity contribution in [3.05, 3.63) is 29.3 Å². The first-order chi connectivity index (χ1) is 5.65. The third kappa shape index (κ3) is 1.54. The fourth-order valence-corrected chi connectivity index (χ4v) is 0.891. The second-order valence-corrected chi connectivity index (χ2v) is 2.50. The lowest BCUT2D eigenvalue weighted by molar-refractivity contribution is 0.373. The van der Waals surface area contributed by atoms with Crippen molar-refractivity contribution in [2.24, 2.45) is 0 Å². The molecule has 1 aromatic carbocycles. The van der Waals surface area contributed by atoms with E-state index in [9.17, 15) is 4.39 Å². The van der Waals surface area contributed by atoms with E-state index < -0.39 is 6.17 Å².